The lowest BCUT2D eigenvalue weighted by Gasteiger charge is -2.27. The second-order valence-electron chi connectivity index (χ2n) is 6.18. The van der Waals surface area contributed by atoms with E-state index >= 15 is 0 Å². The Bertz CT molecular complexity index is 913. The highest BCUT2D eigenvalue weighted by Gasteiger charge is 2.36. The maximum absolute atomic E-state index is 12.5. The van der Waals surface area contributed by atoms with Gasteiger partial charge in [0.2, 0.25) is 0 Å². The van der Waals surface area contributed by atoms with Crippen molar-refractivity contribution in [3.63, 3.8) is 0 Å². The van der Waals surface area contributed by atoms with Crippen molar-refractivity contribution in [1.29, 1.82) is 0 Å². The van der Waals surface area contributed by atoms with Gasteiger partial charge in [0.05, 0.1) is 34.1 Å². The molecule has 0 saturated carbocycles. The molecule has 0 fully saturated rings. The molecule has 5 nitrogen and oxygen atoms in total. The number of hydrogen-bond acceptors (Lipinski definition) is 5. The monoisotopic (exact) mass is 351 g/mol. The third-order valence-electron chi connectivity index (χ3n) is 4.57. The van der Waals surface area contributed by atoms with Crippen LogP contribution in [0.2, 0.25) is 0 Å². The van der Waals surface area contributed by atoms with Crippen molar-refractivity contribution >= 4 is 33.4 Å². The smallest absolute Gasteiger partial charge is 0.262 e. The molecular weight excluding hydrogens is 334 g/mol. The lowest BCUT2D eigenvalue weighted by atomic mass is 10.1. The molecule has 25 heavy (non-hydrogen) atoms. The van der Waals surface area contributed by atoms with Gasteiger partial charge in [0.25, 0.3) is 11.8 Å². The van der Waals surface area contributed by atoms with Crippen molar-refractivity contribution in [3.05, 3.63) is 64.7 Å². The van der Waals surface area contributed by atoms with Crippen molar-refractivity contribution in [2.45, 2.75) is 13.0 Å². The zero-order chi connectivity index (χ0) is 17.6. The molecule has 1 aliphatic heterocycles. The summed E-state index contributed by atoms with van der Waals surface area (Å²) < 4.78 is 1.14. The molecule has 0 bridgehead atoms. The van der Waals surface area contributed by atoms with E-state index in [1.807, 2.05) is 43.1 Å². The van der Waals surface area contributed by atoms with Crippen molar-refractivity contribution in [3.8, 4) is 0 Å². The van der Waals surface area contributed by atoms with Crippen LogP contribution in [0.1, 0.15) is 38.7 Å². The highest BCUT2D eigenvalue weighted by atomic mass is 32.1. The molecule has 2 aromatic carbocycles. The molecular formula is C19H17N3O2S. The fourth-order valence-electron chi connectivity index (χ4n) is 2.97. The van der Waals surface area contributed by atoms with Crippen LogP contribution in [0.4, 0.5) is 0 Å². The first-order valence-corrected chi connectivity index (χ1v) is 8.89. The highest BCUT2D eigenvalue weighted by molar-refractivity contribution is 7.18. The number of amides is 2. The molecule has 0 spiro atoms. The van der Waals surface area contributed by atoms with Crippen molar-refractivity contribution in [2.24, 2.45) is 0 Å². The molecule has 6 heteroatoms. The first-order valence-electron chi connectivity index (χ1n) is 8.07. The van der Waals surface area contributed by atoms with Gasteiger partial charge in [-0.1, -0.05) is 24.3 Å². The number of rotatable bonds is 4. The lowest BCUT2D eigenvalue weighted by molar-refractivity contribution is 0.0531. The van der Waals surface area contributed by atoms with E-state index in [0.717, 1.165) is 15.2 Å². The molecule has 0 radical (unpaired) electrons. The van der Waals surface area contributed by atoms with E-state index in [1.165, 1.54) is 4.90 Å². The number of imide groups is 1. The summed E-state index contributed by atoms with van der Waals surface area (Å²) in [7, 11) is 1.90. The molecule has 1 atom stereocenters. The lowest BCUT2D eigenvalue weighted by Crippen LogP contribution is -2.40. The number of nitrogens with zero attached hydrogens (tertiary/aromatic N) is 3. The Morgan fingerprint density at radius 1 is 1.04 bits per heavy atom. The topological polar surface area (TPSA) is 53.5 Å². The number of aromatic nitrogens is 1. The molecule has 0 N–H and O–H groups in total. The van der Waals surface area contributed by atoms with Gasteiger partial charge in [-0.2, -0.15) is 0 Å². The summed E-state index contributed by atoms with van der Waals surface area (Å²) in [4.78, 5) is 33.0. The number of carbonyl (C=O) groups is 2. The molecule has 0 saturated heterocycles. The van der Waals surface area contributed by atoms with E-state index in [-0.39, 0.29) is 24.5 Å². The number of benzene rings is 2. The number of fused-ring (bicyclic) bond motifs is 2. The average molecular weight is 351 g/mol. The van der Waals surface area contributed by atoms with Gasteiger partial charge < -0.3 is 0 Å². The zero-order valence-electron chi connectivity index (χ0n) is 14.0. The van der Waals surface area contributed by atoms with Crippen LogP contribution in [0.15, 0.2) is 48.5 Å². The fraction of sp³-hybridized carbons (Fsp3) is 0.211. The Morgan fingerprint density at radius 3 is 2.28 bits per heavy atom. The number of carbonyl (C=O) groups excluding carboxylic acids is 2. The Morgan fingerprint density at radius 2 is 1.64 bits per heavy atom. The van der Waals surface area contributed by atoms with E-state index in [0.29, 0.717) is 11.1 Å². The minimum Gasteiger partial charge on any atom is -0.279 e. The summed E-state index contributed by atoms with van der Waals surface area (Å²) in [5, 5.41) is 0.973. The summed E-state index contributed by atoms with van der Waals surface area (Å²) in [6.45, 7) is 2.28. The van der Waals surface area contributed by atoms with E-state index in [4.69, 9.17) is 0 Å². The van der Waals surface area contributed by atoms with Crippen molar-refractivity contribution in [1.82, 2.24) is 14.8 Å². The van der Waals surface area contributed by atoms with Crippen LogP contribution in [0.5, 0.6) is 0 Å². The van der Waals surface area contributed by atoms with Crippen molar-refractivity contribution < 1.29 is 9.59 Å². The zero-order valence-corrected chi connectivity index (χ0v) is 14.8. The molecule has 2 amide bonds. The third kappa shape index (κ3) is 2.63. The minimum atomic E-state index is -0.232. The van der Waals surface area contributed by atoms with E-state index in [1.54, 1.807) is 35.6 Å². The second kappa shape index (κ2) is 6.06. The predicted molar refractivity (Wildman–Crippen MR) is 97.6 cm³/mol. The first kappa shape index (κ1) is 15.9. The SMILES string of the molecule is CC(c1nc2ccccc2s1)N(C)CN1C(=O)c2ccccc2C1=O. The van der Waals surface area contributed by atoms with Crippen LogP contribution in [0, 0.1) is 0 Å². The van der Waals surface area contributed by atoms with Gasteiger partial charge in [0.1, 0.15) is 5.01 Å². The highest BCUT2D eigenvalue weighted by Crippen LogP contribution is 2.30. The molecule has 1 aromatic heterocycles. The molecule has 0 aliphatic carbocycles. The third-order valence-corrected chi connectivity index (χ3v) is 5.78. The first-order chi connectivity index (χ1) is 12.1. The normalized spacial score (nSPS) is 15.2. The van der Waals surface area contributed by atoms with Gasteiger partial charge in [-0.05, 0) is 38.2 Å². The van der Waals surface area contributed by atoms with Gasteiger partial charge >= 0.3 is 0 Å². The van der Waals surface area contributed by atoms with Crippen LogP contribution in [-0.4, -0.2) is 40.3 Å². The molecule has 1 unspecified atom stereocenters. The summed E-state index contributed by atoms with van der Waals surface area (Å²) >= 11 is 1.64. The predicted octanol–water partition coefficient (Wildman–Crippen LogP) is 3.54. The number of thiazole rings is 1. The quantitative estimate of drug-likeness (QED) is 0.675. The molecule has 2 heterocycles. The Labute approximate surface area is 149 Å². The Kier molecular flexibility index (Phi) is 3.86. The summed E-state index contributed by atoms with van der Waals surface area (Å²) in [5.74, 6) is -0.465. The number of hydrogen-bond donors (Lipinski definition) is 0. The average Bonchev–Trinajstić information content (AvgIpc) is 3.17. The van der Waals surface area contributed by atoms with Crippen molar-refractivity contribution in [2.75, 3.05) is 13.7 Å². The standard InChI is InChI=1S/C19H17N3O2S/c1-12(17-20-15-9-5-6-10-16(15)25-17)21(2)11-22-18(23)13-7-3-4-8-14(13)19(22)24/h3-10,12H,11H2,1-2H3. The summed E-state index contributed by atoms with van der Waals surface area (Å²) in [5.41, 5.74) is 1.94. The molecule has 126 valence electrons. The number of para-hydroxylation sites is 1. The molecule has 4 rings (SSSR count). The van der Waals surface area contributed by atoms with E-state index in [2.05, 4.69) is 4.98 Å². The minimum absolute atomic E-state index is 0.00159. The molecule has 1 aliphatic rings. The van der Waals surface area contributed by atoms with Gasteiger partial charge in [-0.3, -0.25) is 19.4 Å². The molecule has 3 aromatic rings. The van der Waals surface area contributed by atoms with E-state index < -0.39 is 0 Å². The second-order valence-corrected chi connectivity index (χ2v) is 7.24. The Hall–Kier alpha value is -2.57. The van der Waals surface area contributed by atoms with Gasteiger partial charge in [-0.15, -0.1) is 11.3 Å². The maximum Gasteiger partial charge on any atom is 0.262 e. The Balaban J connectivity index is 1.55. The van der Waals surface area contributed by atoms with Crippen LogP contribution in [0.3, 0.4) is 0 Å². The van der Waals surface area contributed by atoms with Gasteiger partial charge in [-0.25, -0.2) is 4.98 Å². The fourth-order valence-corrected chi connectivity index (χ4v) is 4.06. The van der Waals surface area contributed by atoms with Crippen LogP contribution >= 0.6 is 11.3 Å². The van der Waals surface area contributed by atoms with Gasteiger partial charge in [0, 0.05) is 0 Å². The maximum atomic E-state index is 12.5. The van der Waals surface area contributed by atoms with Crippen LogP contribution < -0.4 is 0 Å². The summed E-state index contributed by atoms with van der Waals surface area (Å²) in [6, 6.07) is 15.0. The summed E-state index contributed by atoms with van der Waals surface area (Å²) in [6.07, 6.45) is 0. The largest absolute Gasteiger partial charge is 0.279 e. The van der Waals surface area contributed by atoms with Gasteiger partial charge in [0.15, 0.2) is 0 Å². The van der Waals surface area contributed by atoms with E-state index in [9.17, 15) is 9.59 Å². The van der Waals surface area contributed by atoms with Crippen LogP contribution in [0.25, 0.3) is 10.2 Å². The van der Waals surface area contributed by atoms with Crippen LogP contribution in [-0.2, 0) is 0 Å².